The molecule has 8 heteroatoms. The molecule has 3 heterocycles. The van der Waals surface area contributed by atoms with Crippen LogP contribution >= 0.6 is 11.3 Å². The third-order valence-electron chi connectivity index (χ3n) is 3.53. The van der Waals surface area contributed by atoms with Crippen LogP contribution in [0, 0.1) is 0 Å². The maximum absolute atomic E-state index is 12.5. The van der Waals surface area contributed by atoms with Crippen molar-refractivity contribution < 1.29 is 9.53 Å². The first-order valence-corrected chi connectivity index (χ1v) is 7.95. The van der Waals surface area contributed by atoms with Gasteiger partial charge in [-0.15, -0.1) is 11.3 Å². The zero-order valence-corrected chi connectivity index (χ0v) is 13.1. The number of methoxy groups -OCH3 is 1. The van der Waals surface area contributed by atoms with Crippen LogP contribution in [0.1, 0.15) is 17.0 Å². The van der Waals surface area contributed by atoms with E-state index in [1.807, 2.05) is 5.38 Å². The average molecular weight is 319 g/mol. The van der Waals surface area contributed by atoms with Crippen molar-refractivity contribution in [3.63, 3.8) is 0 Å². The number of rotatable bonds is 3. The van der Waals surface area contributed by atoms with Crippen LogP contribution in [-0.4, -0.2) is 59.0 Å². The molecule has 7 nitrogen and oxygen atoms in total. The molecular weight excluding hydrogens is 302 g/mol. The minimum atomic E-state index is -0.136. The van der Waals surface area contributed by atoms with Crippen molar-refractivity contribution >= 4 is 22.4 Å². The summed E-state index contributed by atoms with van der Waals surface area (Å²) in [6, 6.07) is 0. The van der Waals surface area contributed by atoms with Crippen molar-refractivity contribution in [2.24, 2.45) is 0 Å². The summed E-state index contributed by atoms with van der Waals surface area (Å²) in [6.07, 6.45) is 5.74. The van der Waals surface area contributed by atoms with Crippen LogP contribution in [0.5, 0.6) is 5.75 Å². The van der Waals surface area contributed by atoms with E-state index in [0.717, 1.165) is 24.6 Å². The molecule has 0 radical (unpaired) electrons. The van der Waals surface area contributed by atoms with Crippen LogP contribution in [0.2, 0.25) is 0 Å². The van der Waals surface area contributed by atoms with E-state index in [4.69, 9.17) is 4.74 Å². The van der Waals surface area contributed by atoms with Crippen LogP contribution in [0.15, 0.2) is 24.0 Å². The van der Waals surface area contributed by atoms with Crippen molar-refractivity contribution in [1.29, 1.82) is 0 Å². The minimum Gasteiger partial charge on any atom is -0.494 e. The molecule has 1 amide bonds. The highest BCUT2D eigenvalue weighted by Gasteiger charge is 2.23. The van der Waals surface area contributed by atoms with Crippen molar-refractivity contribution in [2.45, 2.75) is 6.42 Å². The first-order chi connectivity index (χ1) is 10.8. The molecule has 116 valence electrons. The van der Waals surface area contributed by atoms with Gasteiger partial charge in [-0.25, -0.2) is 15.0 Å². The Kier molecular flexibility index (Phi) is 4.47. The number of carbonyl (C=O) groups is 1. The van der Waals surface area contributed by atoms with Gasteiger partial charge in [-0.1, -0.05) is 0 Å². The quantitative estimate of drug-likeness (QED) is 0.849. The van der Waals surface area contributed by atoms with E-state index >= 15 is 0 Å². The molecule has 1 fully saturated rings. The SMILES string of the molecule is COc1cnc(C(=O)N2CCCN(c3nccs3)CC2)nc1. The Bertz CT molecular complexity index is 617. The number of anilines is 1. The van der Waals surface area contributed by atoms with Gasteiger partial charge in [0.15, 0.2) is 10.9 Å². The van der Waals surface area contributed by atoms with Crippen LogP contribution in [-0.2, 0) is 0 Å². The Hall–Kier alpha value is -2.22. The summed E-state index contributed by atoms with van der Waals surface area (Å²) < 4.78 is 5.01. The summed E-state index contributed by atoms with van der Waals surface area (Å²) >= 11 is 1.62. The molecule has 1 aliphatic heterocycles. The maximum atomic E-state index is 12.5. The van der Waals surface area contributed by atoms with Gasteiger partial charge in [-0.3, -0.25) is 4.79 Å². The molecule has 0 unspecified atom stereocenters. The topological polar surface area (TPSA) is 71.5 Å². The summed E-state index contributed by atoms with van der Waals surface area (Å²) in [5.74, 6) is 0.620. The Morgan fingerprint density at radius 2 is 2.00 bits per heavy atom. The zero-order chi connectivity index (χ0) is 15.4. The summed E-state index contributed by atoms with van der Waals surface area (Å²) in [4.78, 5) is 29.0. The van der Waals surface area contributed by atoms with E-state index in [1.165, 1.54) is 12.4 Å². The molecule has 0 bridgehead atoms. The number of ether oxygens (including phenoxy) is 1. The molecule has 0 aromatic carbocycles. The summed E-state index contributed by atoms with van der Waals surface area (Å²) in [5, 5.41) is 2.98. The molecule has 0 spiro atoms. The fourth-order valence-electron chi connectivity index (χ4n) is 2.36. The second-order valence-electron chi connectivity index (χ2n) is 4.89. The predicted molar refractivity (Wildman–Crippen MR) is 83.4 cm³/mol. The third-order valence-corrected chi connectivity index (χ3v) is 4.36. The second kappa shape index (κ2) is 6.69. The molecule has 0 aliphatic carbocycles. The number of thiazole rings is 1. The molecule has 1 aliphatic rings. The van der Waals surface area contributed by atoms with E-state index in [2.05, 4.69) is 19.9 Å². The summed E-state index contributed by atoms with van der Waals surface area (Å²) in [6.45, 7) is 3.03. The van der Waals surface area contributed by atoms with Gasteiger partial charge < -0.3 is 14.5 Å². The number of hydrogen-bond donors (Lipinski definition) is 0. The Morgan fingerprint density at radius 1 is 1.18 bits per heavy atom. The van der Waals surface area contributed by atoms with Crippen LogP contribution in [0.25, 0.3) is 0 Å². The molecule has 1 saturated heterocycles. The highest BCUT2D eigenvalue weighted by Crippen LogP contribution is 2.19. The Labute approximate surface area is 132 Å². The Balaban J connectivity index is 1.66. The fourth-order valence-corrected chi connectivity index (χ4v) is 3.05. The molecule has 0 atom stereocenters. The standard InChI is InChI=1S/C14H17N5O2S/c1-21-11-9-16-12(17-10-11)13(20)18-4-2-5-19(7-6-18)14-15-3-8-22-14/h3,8-10H,2,4-7H2,1H3. The van der Waals surface area contributed by atoms with E-state index in [0.29, 0.717) is 18.8 Å². The van der Waals surface area contributed by atoms with Gasteiger partial charge >= 0.3 is 0 Å². The number of hydrogen-bond acceptors (Lipinski definition) is 7. The lowest BCUT2D eigenvalue weighted by molar-refractivity contribution is 0.0754. The zero-order valence-electron chi connectivity index (χ0n) is 12.3. The minimum absolute atomic E-state index is 0.136. The van der Waals surface area contributed by atoms with Gasteiger partial charge in [0, 0.05) is 37.8 Å². The van der Waals surface area contributed by atoms with E-state index in [-0.39, 0.29) is 11.7 Å². The van der Waals surface area contributed by atoms with Gasteiger partial charge in [-0.05, 0) is 6.42 Å². The van der Waals surface area contributed by atoms with Gasteiger partial charge in [-0.2, -0.15) is 0 Å². The van der Waals surface area contributed by atoms with Gasteiger partial charge in [0.2, 0.25) is 5.82 Å². The van der Waals surface area contributed by atoms with Gasteiger partial charge in [0.05, 0.1) is 19.5 Å². The summed E-state index contributed by atoms with van der Waals surface area (Å²) in [5.41, 5.74) is 0. The van der Waals surface area contributed by atoms with Gasteiger partial charge in [0.1, 0.15) is 0 Å². The van der Waals surface area contributed by atoms with Crippen molar-refractivity contribution in [3.8, 4) is 5.75 Å². The molecular formula is C14H17N5O2S. The fraction of sp³-hybridized carbons (Fsp3) is 0.429. The van der Waals surface area contributed by atoms with E-state index in [9.17, 15) is 4.79 Å². The molecule has 22 heavy (non-hydrogen) atoms. The van der Waals surface area contributed by atoms with Crippen molar-refractivity contribution in [3.05, 3.63) is 29.8 Å². The number of amides is 1. The monoisotopic (exact) mass is 319 g/mol. The van der Waals surface area contributed by atoms with Crippen LogP contribution in [0.3, 0.4) is 0 Å². The van der Waals surface area contributed by atoms with Crippen molar-refractivity contribution in [2.75, 3.05) is 38.2 Å². The summed E-state index contributed by atoms with van der Waals surface area (Å²) in [7, 11) is 1.54. The normalized spacial score (nSPS) is 15.5. The molecule has 0 saturated carbocycles. The number of nitrogens with zero attached hydrogens (tertiary/aromatic N) is 5. The molecule has 2 aromatic rings. The smallest absolute Gasteiger partial charge is 0.291 e. The molecule has 2 aromatic heterocycles. The highest BCUT2D eigenvalue weighted by molar-refractivity contribution is 7.13. The van der Waals surface area contributed by atoms with Gasteiger partial charge in [0.25, 0.3) is 5.91 Å². The number of carbonyl (C=O) groups excluding carboxylic acids is 1. The van der Waals surface area contributed by atoms with Crippen LogP contribution in [0.4, 0.5) is 5.13 Å². The predicted octanol–water partition coefficient (Wildman–Crippen LogP) is 1.29. The number of aromatic nitrogens is 3. The Morgan fingerprint density at radius 3 is 2.68 bits per heavy atom. The lowest BCUT2D eigenvalue weighted by Crippen LogP contribution is -2.36. The third kappa shape index (κ3) is 3.16. The molecule has 0 N–H and O–H groups in total. The largest absolute Gasteiger partial charge is 0.494 e. The van der Waals surface area contributed by atoms with Crippen molar-refractivity contribution in [1.82, 2.24) is 19.9 Å². The lowest BCUT2D eigenvalue weighted by atomic mass is 10.3. The first kappa shape index (κ1) is 14.7. The molecule has 3 rings (SSSR count). The first-order valence-electron chi connectivity index (χ1n) is 7.07. The average Bonchev–Trinajstić information content (AvgIpc) is 2.99. The van der Waals surface area contributed by atoms with E-state index in [1.54, 1.807) is 29.5 Å². The highest BCUT2D eigenvalue weighted by atomic mass is 32.1. The maximum Gasteiger partial charge on any atom is 0.291 e. The van der Waals surface area contributed by atoms with E-state index < -0.39 is 0 Å². The van der Waals surface area contributed by atoms with Crippen LogP contribution < -0.4 is 9.64 Å². The lowest BCUT2D eigenvalue weighted by Gasteiger charge is -2.21. The second-order valence-corrected chi connectivity index (χ2v) is 5.77.